The van der Waals surface area contributed by atoms with E-state index >= 15 is 0 Å². The van der Waals surface area contributed by atoms with Crippen LogP contribution in [0.1, 0.15) is 11.6 Å². The van der Waals surface area contributed by atoms with Crippen LogP contribution in [0.4, 0.5) is 5.82 Å². The van der Waals surface area contributed by atoms with Crippen molar-refractivity contribution >= 4 is 38.7 Å². The van der Waals surface area contributed by atoms with Gasteiger partial charge in [0.25, 0.3) is 0 Å². The molecule has 1 aliphatic rings. The normalized spacial score (nSPS) is 15.3. The number of nitrogens with one attached hydrogen (secondary N) is 2. The summed E-state index contributed by atoms with van der Waals surface area (Å²) in [6, 6.07) is 4.22. The number of H-pyrrole nitrogens is 1. The Bertz CT molecular complexity index is 1040. The van der Waals surface area contributed by atoms with Gasteiger partial charge in [-0.2, -0.15) is 0 Å². The minimum Gasteiger partial charge on any atom is -0.379 e. The third-order valence-corrected chi connectivity index (χ3v) is 6.49. The molecule has 4 aromatic rings. The molecule has 0 saturated carbocycles. The third kappa shape index (κ3) is 3.66. The van der Waals surface area contributed by atoms with Gasteiger partial charge in [0, 0.05) is 41.3 Å². The Morgan fingerprint density at radius 1 is 1.21 bits per heavy atom. The van der Waals surface area contributed by atoms with Crippen molar-refractivity contribution in [2.45, 2.75) is 13.1 Å². The van der Waals surface area contributed by atoms with Crippen molar-refractivity contribution in [3.8, 4) is 10.4 Å². The molecule has 0 bridgehead atoms. The molecule has 0 amide bonds. The lowest BCUT2D eigenvalue weighted by atomic mass is 10.2. The summed E-state index contributed by atoms with van der Waals surface area (Å²) in [6.07, 6.45) is 3.59. The van der Waals surface area contributed by atoms with Crippen LogP contribution in [0.3, 0.4) is 0 Å². The first-order valence-electron chi connectivity index (χ1n) is 9.21. The van der Waals surface area contributed by atoms with Crippen LogP contribution in [0.2, 0.25) is 0 Å². The van der Waals surface area contributed by atoms with Crippen LogP contribution in [-0.2, 0) is 17.8 Å². The molecule has 4 aromatic heterocycles. The number of imidazole rings is 1. The Morgan fingerprint density at radius 3 is 2.93 bits per heavy atom. The quantitative estimate of drug-likeness (QED) is 0.504. The van der Waals surface area contributed by atoms with Crippen LogP contribution in [0.15, 0.2) is 35.3 Å². The van der Waals surface area contributed by atoms with Crippen molar-refractivity contribution in [2.24, 2.45) is 0 Å². The highest BCUT2D eigenvalue weighted by Crippen LogP contribution is 2.39. The Hall–Kier alpha value is -2.33. The molecule has 0 aromatic carbocycles. The van der Waals surface area contributed by atoms with Crippen LogP contribution in [0.5, 0.6) is 0 Å². The summed E-state index contributed by atoms with van der Waals surface area (Å²) in [6.45, 7) is 4.71. The first-order valence-corrected chi connectivity index (χ1v) is 11.0. The number of hydrogen-bond acceptors (Lipinski definition) is 8. The zero-order chi connectivity index (χ0) is 18.8. The van der Waals surface area contributed by atoms with Crippen LogP contribution in [0.25, 0.3) is 20.7 Å². The summed E-state index contributed by atoms with van der Waals surface area (Å²) >= 11 is 3.41. The van der Waals surface area contributed by atoms with Gasteiger partial charge in [0.15, 0.2) is 0 Å². The second-order valence-electron chi connectivity index (χ2n) is 6.57. The van der Waals surface area contributed by atoms with E-state index in [0.717, 1.165) is 60.5 Å². The monoisotopic (exact) mass is 412 g/mol. The number of thiophene rings is 2. The number of anilines is 1. The second kappa shape index (κ2) is 7.96. The van der Waals surface area contributed by atoms with Crippen LogP contribution < -0.4 is 5.32 Å². The van der Waals surface area contributed by atoms with Gasteiger partial charge in [-0.3, -0.25) is 4.90 Å². The fraction of sp³-hybridized carbons (Fsp3) is 0.316. The van der Waals surface area contributed by atoms with E-state index in [4.69, 9.17) is 14.7 Å². The van der Waals surface area contributed by atoms with Gasteiger partial charge in [-0.1, -0.05) is 6.07 Å². The van der Waals surface area contributed by atoms with Gasteiger partial charge < -0.3 is 15.0 Å². The molecule has 1 fully saturated rings. The van der Waals surface area contributed by atoms with E-state index in [0.29, 0.717) is 6.54 Å². The molecule has 0 spiro atoms. The predicted molar refractivity (Wildman–Crippen MR) is 113 cm³/mol. The van der Waals surface area contributed by atoms with Gasteiger partial charge in [-0.15, -0.1) is 22.7 Å². The van der Waals surface area contributed by atoms with Gasteiger partial charge in [0.2, 0.25) is 0 Å². The fourth-order valence-corrected chi connectivity index (χ4v) is 5.10. The Labute approximate surface area is 170 Å². The lowest BCUT2D eigenvalue weighted by Crippen LogP contribution is -2.36. The summed E-state index contributed by atoms with van der Waals surface area (Å²) in [5.74, 6) is 2.60. The highest BCUT2D eigenvalue weighted by atomic mass is 32.1. The van der Waals surface area contributed by atoms with Gasteiger partial charge in [0.05, 0.1) is 31.7 Å². The van der Waals surface area contributed by atoms with E-state index in [2.05, 4.69) is 43.1 Å². The van der Waals surface area contributed by atoms with Crippen LogP contribution in [-0.4, -0.2) is 51.1 Å². The first kappa shape index (κ1) is 17.7. The molecule has 0 unspecified atom stereocenters. The van der Waals surface area contributed by atoms with Crippen molar-refractivity contribution < 1.29 is 4.74 Å². The number of aromatic nitrogens is 4. The molecule has 0 radical (unpaired) electrons. The summed E-state index contributed by atoms with van der Waals surface area (Å²) in [4.78, 5) is 21.8. The molecule has 144 valence electrons. The number of ether oxygens (including phenoxy) is 1. The minimum atomic E-state index is 0.593. The van der Waals surface area contributed by atoms with Crippen molar-refractivity contribution in [3.63, 3.8) is 0 Å². The number of aromatic amines is 1. The summed E-state index contributed by atoms with van der Waals surface area (Å²) in [7, 11) is 0. The molecule has 1 saturated heterocycles. The first-order chi connectivity index (χ1) is 13.9. The third-order valence-electron chi connectivity index (χ3n) is 4.71. The Kier molecular flexibility index (Phi) is 5.05. The second-order valence-corrected chi connectivity index (χ2v) is 8.38. The SMILES string of the molecule is c1csc(-c2csc3nc(CN4CCOCC4)nc(NCc4ncc[nH]4)c23)c1. The average molecular weight is 413 g/mol. The molecule has 0 aliphatic carbocycles. The molecular formula is C19H20N6OS2. The van der Waals surface area contributed by atoms with Crippen molar-refractivity contribution in [1.29, 1.82) is 0 Å². The zero-order valence-corrected chi connectivity index (χ0v) is 16.9. The van der Waals surface area contributed by atoms with Crippen molar-refractivity contribution in [3.05, 3.63) is 46.9 Å². The van der Waals surface area contributed by atoms with Crippen LogP contribution >= 0.6 is 22.7 Å². The molecular weight excluding hydrogens is 392 g/mol. The lowest BCUT2D eigenvalue weighted by Gasteiger charge is -2.25. The van der Waals surface area contributed by atoms with E-state index < -0.39 is 0 Å². The number of hydrogen-bond donors (Lipinski definition) is 2. The van der Waals surface area contributed by atoms with Crippen molar-refractivity contribution in [2.75, 3.05) is 31.6 Å². The molecule has 0 atom stereocenters. The van der Waals surface area contributed by atoms with E-state index in [1.807, 2.05) is 6.20 Å². The maximum atomic E-state index is 5.45. The Balaban J connectivity index is 1.51. The summed E-state index contributed by atoms with van der Waals surface area (Å²) in [5.41, 5.74) is 1.19. The lowest BCUT2D eigenvalue weighted by molar-refractivity contribution is 0.0331. The van der Waals surface area contributed by atoms with E-state index in [9.17, 15) is 0 Å². The molecule has 5 heterocycles. The number of rotatable bonds is 6. The number of morpholine rings is 1. The number of fused-ring (bicyclic) bond motifs is 1. The van der Waals surface area contributed by atoms with E-state index in [1.165, 1.54) is 10.4 Å². The number of nitrogens with zero attached hydrogens (tertiary/aromatic N) is 4. The van der Waals surface area contributed by atoms with Crippen molar-refractivity contribution in [1.82, 2.24) is 24.8 Å². The molecule has 5 rings (SSSR count). The largest absolute Gasteiger partial charge is 0.379 e. The highest BCUT2D eigenvalue weighted by Gasteiger charge is 2.18. The topological polar surface area (TPSA) is 79.0 Å². The van der Waals surface area contributed by atoms with Gasteiger partial charge in [-0.25, -0.2) is 15.0 Å². The maximum absolute atomic E-state index is 5.45. The fourth-order valence-electron chi connectivity index (χ4n) is 3.32. The van der Waals surface area contributed by atoms with E-state index in [-0.39, 0.29) is 0 Å². The van der Waals surface area contributed by atoms with Gasteiger partial charge in [-0.05, 0) is 11.4 Å². The smallest absolute Gasteiger partial charge is 0.146 e. The summed E-state index contributed by atoms with van der Waals surface area (Å²) < 4.78 is 5.45. The predicted octanol–water partition coefficient (Wildman–Crippen LogP) is 3.59. The molecule has 1 aliphatic heterocycles. The minimum absolute atomic E-state index is 0.593. The standard InChI is InChI=1S/C19H20N6OS2/c1-2-14(27-9-1)13-12-28-19-17(13)18(22-10-15-20-3-4-21-15)23-16(24-19)11-25-5-7-26-8-6-25/h1-4,9,12H,5-8,10-11H2,(H,20,21)(H,22,23,24). The summed E-state index contributed by atoms with van der Waals surface area (Å²) in [5, 5.41) is 8.85. The maximum Gasteiger partial charge on any atom is 0.146 e. The molecule has 9 heteroatoms. The van der Waals surface area contributed by atoms with Gasteiger partial charge >= 0.3 is 0 Å². The Morgan fingerprint density at radius 2 is 2.14 bits per heavy atom. The molecule has 7 nitrogen and oxygen atoms in total. The molecule has 28 heavy (non-hydrogen) atoms. The van der Waals surface area contributed by atoms with Gasteiger partial charge in [0.1, 0.15) is 22.3 Å². The molecule has 2 N–H and O–H groups in total. The highest BCUT2D eigenvalue weighted by molar-refractivity contribution is 7.18. The van der Waals surface area contributed by atoms with Crippen LogP contribution in [0, 0.1) is 0 Å². The average Bonchev–Trinajstić information content (AvgIpc) is 3.47. The van der Waals surface area contributed by atoms with E-state index in [1.54, 1.807) is 28.9 Å². The zero-order valence-electron chi connectivity index (χ0n) is 15.2.